The van der Waals surface area contributed by atoms with Gasteiger partial charge in [0.15, 0.2) is 5.13 Å². The lowest BCUT2D eigenvalue weighted by Crippen LogP contribution is -2.50. The van der Waals surface area contributed by atoms with Crippen molar-refractivity contribution in [1.82, 2.24) is 10.3 Å². The summed E-state index contributed by atoms with van der Waals surface area (Å²) in [6.45, 7) is 13.2. The van der Waals surface area contributed by atoms with Crippen LogP contribution in [0.3, 0.4) is 0 Å². The Morgan fingerprint density at radius 2 is 1.61 bits per heavy atom. The second-order valence-electron chi connectivity index (χ2n) is 10.6. The van der Waals surface area contributed by atoms with Crippen molar-refractivity contribution in [3.05, 3.63) is 45.4 Å². The molecule has 0 radical (unpaired) electrons. The molecule has 7 nitrogen and oxygen atoms in total. The highest BCUT2D eigenvalue weighted by Gasteiger charge is 2.33. The van der Waals surface area contributed by atoms with Gasteiger partial charge in [0.1, 0.15) is 11.2 Å². The summed E-state index contributed by atoms with van der Waals surface area (Å²) in [4.78, 5) is 31.5. The monoisotopic (exact) mass is 589 g/mol. The molecule has 0 aliphatic carbocycles. The van der Waals surface area contributed by atoms with E-state index >= 15 is 0 Å². The molecule has 0 saturated carbocycles. The first-order valence-corrected chi connectivity index (χ1v) is 13.1. The second-order valence-corrected chi connectivity index (χ2v) is 13.0. The van der Waals surface area contributed by atoms with Crippen LogP contribution in [0.25, 0.3) is 0 Å². The van der Waals surface area contributed by atoms with Crippen LogP contribution in [0.1, 0.15) is 72.4 Å². The Labute approximate surface area is 223 Å². The number of alkyl halides is 2. The Kier molecular flexibility index (Phi) is 9.50. The Hall–Kier alpha value is -2.27. The highest BCUT2D eigenvalue weighted by Crippen LogP contribution is 2.32. The number of amides is 2. The quantitative estimate of drug-likeness (QED) is 0.362. The van der Waals surface area contributed by atoms with Crippen molar-refractivity contribution >= 4 is 44.6 Å². The maximum atomic E-state index is 13.7. The zero-order valence-corrected chi connectivity index (χ0v) is 24.2. The molecular formula is C25H34BrF2N3O4S. The molecule has 1 aromatic heterocycles. The first kappa shape index (κ1) is 30.0. The molecule has 2 amide bonds. The van der Waals surface area contributed by atoms with Crippen molar-refractivity contribution in [2.24, 2.45) is 0 Å². The van der Waals surface area contributed by atoms with E-state index in [0.29, 0.717) is 14.5 Å². The lowest BCUT2D eigenvalue weighted by molar-refractivity contribution is 0.0174. The zero-order valence-electron chi connectivity index (χ0n) is 21.8. The number of carbonyl (C=O) groups is 2. The van der Waals surface area contributed by atoms with Gasteiger partial charge in [-0.15, -0.1) is 0 Å². The van der Waals surface area contributed by atoms with Gasteiger partial charge in [0, 0.05) is 18.4 Å². The number of aromatic nitrogens is 1. The molecule has 2 atom stereocenters. The zero-order chi connectivity index (χ0) is 27.5. The average Bonchev–Trinajstić information content (AvgIpc) is 3.13. The molecular weight excluding hydrogens is 556 g/mol. The average molecular weight is 591 g/mol. The molecule has 2 rings (SSSR count). The third-order valence-corrected chi connectivity index (χ3v) is 6.44. The number of nitrogens with one attached hydrogen (secondary N) is 1. The van der Waals surface area contributed by atoms with Gasteiger partial charge in [0.25, 0.3) is 5.92 Å². The van der Waals surface area contributed by atoms with Crippen molar-refractivity contribution in [2.75, 3.05) is 11.4 Å². The Morgan fingerprint density at radius 3 is 2.06 bits per heavy atom. The number of ether oxygens (including phenoxy) is 2. The van der Waals surface area contributed by atoms with Gasteiger partial charge in [0.05, 0.1) is 22.6 Å². The minimum atomic E-state index is -2.97. The number of carbonyl (C=O) groups excluding carboxylic acids is 2. The van der Waals surface area contributed by atoms with Crippen LogP contribution < -0.4 is 10.2 Å². The summed E-state index contributed by atoms with van der Waals surface area (Å²) >= 11 is 4.60. The van der Waals surface area contributed by atoms with E-state index in [1.165, 1.54) is 28.4 Å². The van der Waals surface area contributed by atoms with Crippen LogP contribution in [0.4, 0.5) is 23.5 Å². The fourth-order valence-electron chi connectivity index (χ4n) is 3.21. The first-order valence-electron chi connectivity index (χ1n) is 11.5. The third-order valence-electron chi connectivity index (χ3n) is 4.94. The van der Waals surface area contributed by atoms with Crippen molar-refractivity contribution < 1.29 is 27.8 Å². The van der Waals surface area contributed by atoms with E-state index in [2.05, 4.69) is 26.2 Å². The van der Waals surface area contributed by atoms with E-state index in [4.69, 9.17) is 9.47 Å². The molecule has 36 heavy (non-hydrogen) atoms. The van der Waals surface area contributed by atoms with Gasteiger partial charge in [-0.25, -0.2) is 23.4 Å². The molecule has 1 heterocycles. The van der Waals surface area contributed by atoms with Crippen LogP contribution in [0, 0.1) is 0 Å². The van der Waals surface area contributed by atoms with E-state index in [9.17, 15) is 18.4 Å². The van der Waals surface area contributed by atoms with Crippen LogP contribution in [0.2, 0.25) is 0 Å². The lowest BCUT2D eigenvalue weighted by Gasteiger charge is -2.32. The SMILES string of the molecule is CC(c1ccc(C(C)(F)F)cc1)C(CN(C(=O)OC(C)(C)C)c1ncc(Br)s1)NC(=O)OC(C)(C)C. The number of halogens is 3. The molecule has 0 aliphatic rings. The number of anilines is 1. The number of rotatable bonds is 7. The fraction of sp³-hybridized carbons (Fsp3) is 0.560. The molecule has 0 fully saturated rings. The van der Waals surface area contributed by atoms with Gasteiger partial charge in [-0.3, -0.25) is 4.90 Å². The Balaban J connectivity index is 2.43. The van der Waals surface area contributed by atoms with Crippen LogP contribution in [0.5, 0.6) is 0 Å². The summed E-state index contributed by atoms with van der Waals surface area (Å²) in [5, 5.41) is 3.22. The number of hydrogen-bond donors (Lipinski definition) is 1. The largest absolute Gasteiger partial charge is 0.444 e. The summed E-state index contributed by atoms with van der Waals surface area (Å²) in [7, 11) is 0. The Morgan fingerprint density at radius 1 is 1.06 bits per heavy atom. The molecule has 11 heteroatoms. The van der Waals surface area contributed by atoms with E-state index in [0.717, 1.165) is 6.92 Å². The van der Waals surface area contributed by atoms with E-state index < -0.39 is 35.4 Å². The second kappa shape index (κ2) is 11.4. The van der Waals surface area contributed by atoms with Crippen LogP contribution in [-0.2, 0) is 15.4 Å². The number of hydrogen-bond acceptors (Lipinski definition) is 6. The van der Waals surface area contributed by atoms with Gasteiger partial charge >= 0.3 is 12.2 Å². The molecule has 200 valence electrons. The molecule has 0 bridgehead atoms. The molecule has 0 aliphatic heterocycles. The summed E-state index contributed by atoms with van der Waals surface area (Å²) in [6, 6.07) is 5.25. The molecule has 0 spiro atoms. The van der Waals surface area contributed by atoms with E-state index in [-0.39, 0.29) is 18.0 Å². The topological polar surface area (TPSA) is 80.8 Å². The predicted molar refractivity (Wildman–Crippen MR) is 141 cm³/mol. The normalized spacial score (nSPS) is 14.1. The standard InChI is InChI=1S/C25H34BrF2N3O4S/c1-15(16-9-11-17(12-10-16)25(8,27)28)18(30-21(32)34-23(2,3)4)14-31(20-29-13-19(26)36-20)22(33)35-24(5,6)7/h9-13,15,18H,14H2,1-8H3,(H,30,32). The molecule has 2 unspecified atom stereocenters. The van der Waals surface area contributed by atoms with Gasteiger partial charge in [-0.2, -0.15) is 0 Å². The maximum absolute atomic E-state index is 13.7. The minimum Gasteiger partial charge on any atom is -0.444 e. The number of alkyl carbamates (subject to hydrolysis) is 1. The van der Waals surface area contributed by atoms with Crippen molar-refractivity contribution in [3.63, 3.8) is 0 Å². The van der Waals surface area contributed by atoms with Crippen molar-refractivity contribution in [2.45, 2.75) is 84.5 Å². The molecule has 1 N–H and O–H groups in total. The third kappa shape index (κ3) is 9.31. The molecule has 1 aromatic carbocycles. The summed E-state index contributed by atoms with van der Waals surface area (Å²) in [5.74, 6) is -3.35. The minimum absolute atomic E-state index is 0.000957. The van der Waals surface area contributed by atoms with E-state index in [1.807, 2.05) is 6.92 Å². The highest BCUT2D eigenvalue weighted by atomic mass is 79.9. The van der Waals surface area contributed by atoms with Gasteiger partial charge in [-0.1, -0.05) is 42.5 Å². The van der Waals surface area contributed by atoms with Gasteiger partial charge in [-0.05, 0) is 63.0 Å². The van der Waals surface area contributed by atoms with Gasteiger partial charge in [0.2, 0.25) is 0 Å². The highest BCUT2D eigenvalue weighted by molar-refractivity contribution is 9.11. The van der Waals surface area contributed by atoms with Crippen molar-refractivity contribution in [3.8, 4) is 0 Å². The molecule has 0 saturated heterocycles. The number of thiazole rings is 1. The lowest BCUT2D eigenvalue weighted by atomic mass is 9.91. The summed E-state index contributed by atoms with van der Waals surface area (Å²) < 4.78 is 39.2. The Bertz CT molecular complexity index is 1040. The number of nitrogens with zero attached hydrogens (tertiary/aromatic N) is 2. The van der Waals surface area contributed by atoms with Crippen molar-refractivity contribution in [1.29, 1.82) is 0 Å². The first-order chi connectivity index (χ1) is 16.4. The van der Waals surface area contributed by atoms with E-state index in [1.54, 1.807) is 59.9 Å². The predicted octanol–water partition coefficient (Wildman–Crippen LogP) is 7.46. The van der Waals surface area contributed by atoms with Gasteiger partial charge < -0.3 is 14.8 Å². The maximum Gasteiger partial charge on any atom is 0.416 e. The smallest absolute Gasteiger partial charge is 0.416 e. The van der Waals surface area contributed by atoms with Crippen LogP contribution >= 0.6 is 27.3 Å². The fourth-order valence-corrected chi connectivity index (χ4v) is 4.40. The summed E-state index contributed by atoms with van der Waals surface area (Å²) in [6.07, 6.45) is 0.273. The number of benzene rings is 1. The van der Waals surface area contributed by atoms with Crippen LogP contribution in [0.15, 0.2) is 34.2 Å². The van der Waals surface area contributed by atoms with Crippen LogP contribution in [-0.4, -0.2) is 41.0 Å². The molecule has 2 aromatic rings. The summed E-state index contributed by atoms with van der Waals surface area (Å²) in [5.41, 5.74) is -0.909.